The summed E-state index contributed by atoms with van der Waals surface area (Å²) in [6, 6.07) is 3.98. The van der Waals surface area contributed by atoms with Crippen LogP contribution in [0.4, 0.5) is 0 Å². The van der Waals surface area contributed by atoms with Gasteiger partial charge in [0.15, 0.2) is 0 Å². The Labute approximate surface area is 95.1 Å². The maximum Gasteiger partial charge on any atom is 0.128 e. The van der Waals surface area contributed by atoms with Crippen LogP contribution in [0.3, 0.4) is 0 Å². The standard InChI is InChI=1S/C12H17N3O/c1-3-12-14-6-7-15(12)10(8-13)11-5-4-9(2)16-11/h4-7,10H,3,8,13H2,1-2H3. The van der Waals surface area contributed by atoms with Crippen molar-refractivity contribution in [3.63, 3.8) is 0 Å². The molecule has 0 bridgehead atoms. The van der Waals surface area contributed by atoms with Gasteiger partial charge in [0.05, 0.1) is 0 Å². The highest BCUT2D eigenvalue weighted by Gasteiger charge is 2.17. The average Bonchev–Trinajstić information content (AvgIpc) is 2.89. The van der Waals surface area contributed by atoms with E-state index in [9.17, 15) is 0 Å². The van der Waals surface area contributed by atoms with Gasteiger partial charge in [0.1, 0.15) is 23.4 Å². The van der Waals surface area contributed by atoms with Crippen LogP contribution in [0.1, 0.15) is 30.3 Å². The van der Waals surface area contributed by atoms with E-state index in [0.717, 1.165) is 23.8 Å². The van der Waals surface area contributed by atoms with Crippen molar-refractivity contribution in [2.75, 3.05) is 6.54 Å². The Bertz CT molecular complexity index is 458. The van der Waals surface area contributed by atoms with Crippen molar-refractivity contribution < 1.29 is 4.42 Å². The van der Waals surface area contributed by atoms with Gasteiger partial charge in [0.2, 0.25) is 0 Å². The molecular formula is C12H17N3O. The molecule has 2 N–H and O–H groups in total. The summed E-state index contributed by atoms with van der Waals surface area (Å²) in [5.41, 5.74) is 5.82. The molecule has 0 aliphatic heterocycles. The van der Waals surface area contributed by atoms with Crippen molar-refractivity contribution in [3.8, 4) is 0 Å². The first-order valence-electron chi connectivity index (χ1n) is 5.54. The molecule has 0 amide bonds. The number of hydrogen-bond donors (Lipinski definition) is 1. The van der Waals surface area contributed by atoms with E-state index in [1.165, 1.54) is 0 Å². The van der Waals surface area contributed by atoms with Crippen molar-refractivity contribution in [2.45, 2.75) is 26.3 Å². The van der Waals surface area contributed by atoms with Gasteiger partial charge < -0.3 is 14.7 Å². The SMILES string of the molecule is CCc1nccn1C(CN)c1ccc(C)o1. The van der Waals surface area contributed by atoms with E-state index in [1.54, 1.807) is 6.20 Å². The van der Waals surface area contributed by atoms with Gasteiger partial charge in [-0.1, -0.05) is 6.92 Å². The molecule has 2 heterocycles. The molecule has 4 heteroatoms. The molecular weight excluding hydrogens is 202 g/mol. The second-order valence-electron chi connectivity index (χ2n) is 3.80. The number of imidazole rings is 1. The van der Waals surface area contributed by atoms with Crippen LogP contribution in [-0.4, -0.2) is 16.1 Å². The van der Waals surface area contributed by atoms with Crippen LogP contribution in [0.15, 0.2) is 28.9 Å². The van der Waals surface area contributed by atoms with Crippen LogP contribution in [0, 0.1) is 6.92 Å². The molecule has 0 spiro atoms. The molecule has 0 saturated heterocycles. The molecule has 2 aromatic rings. The first-order valence-corrected chi connectivity index (χ1v) is 5.54. The van der Waals surface area contributed by atoms with Gasteiger partial charge in [0, 0.05) is 25.4 Å². The van der Waals surface area contributed by atoms with Crippen LogP contribution in [0.2, 0.25) is 0 Å². The Hall–Kier alpha value is -1.55. The minimum Gasteiger partial charge on any atom is -0.464 e. The summed E-state index contributed by atoms with van der Waals surface area (Å²) in [5, 5.41) is 0. The van der Waals surface area contributed by atoms with E-state index in [-0.39, 0.29) is 6.04 Å². The quantitative estimate of drug-likeness (QED) is 0.854. The molecule has 0 aliphatic rings. The molecule has 16 heavy (non-hydrogen) atoms. The number of nitrogens with two attached hydrogens (primary N) is 1. The monoisotopic (exact) mass is 219 g/mol. The van der Waals surface area contributed by atoms with Crippen molar-refractivity contribution >= 4 is 0 Å². The van der Waals surface area contributed by atoms with Crippen LogP contribution in [0.25, 0.3) is 0 Å². The number of nitrogens with zero attached hydrogens (tertiary/aromatic N) is 2. The highest BCUT2D eigenvalue weighted by Crippen LogP contribution is 2.21. The van der Waals surface area contributed by atoms with Crippen molar-refractivity contribution in [3.05, 3.63) is 41.9 Å². The number of aromatic nitrogens is 2. The van der Waals surface area contributed by atoms with Gasteiger partial charge in [0.25, 0.3) is 0 Å². The van der Waals surface area contributed by atoms with Gasteiger partial charge in [-0.05, 0) is 19.1 Å². The van der Waals surface area contributed by atoms with Crippen molar-refractivity contribution in [2.24, 2.45) is 5.73 Å². The first-order chi connectivity index (χ1) is 7.76. The Kier molecular flexibility index (Phi) is 3.10. The van der Waals surface area contributed by atoms with Gasteiger partial charge in [-0.2, -0.15) is 0 Å². The lowest BCUT2D eigenvalue weighted by atomic mass is 10.2. The highest BCUT2D eigenvalue weighted by molar-refractivity contribution is 5.13. The topological polar surface area (TPSA) is 57.0 Å². The second kappa shape index (κ2) is 4.53. The molecule has 0 fully saturated rings. The van der Waals surface area contributed by atoms with E-state index < -0.39 is 0 Å². The third-order valence-corrected chi connectivity index (χ3v) is 2.71. The van der Waals surface area contributed by atoms with E-state index >= 15 is 0 Å². The Morgan fingerprint density at radius 2 is 2.31 bits per heavy atom. The largest absolute Gasteiger partial charge is 0.464 e. The molecule has 0 radical (unpaired) electrons. The average molecular weight is 219 g/mol. The minimum absolute atomic E-state index is 0.0474. The van der Waals surface area contributed by atoms with Crippen LogP contribution in [0.5, 0.6) is 0 Å². The minimum atomic E-state index is 0.0474. The lowest BCUT2D eigenvalue weighted by molar-refractivity contribution is 0.411. The number of rotatable bonds is 4. The van der Waals surface area contributed by atoms with Gasteiger partial charge >= 0.3 is 0 Å². The van der Waals surface area contributed by atoms with E-state index in [4.69, 9.17) is 10.2 Å². The van der Waals surface area contributed by atoms with Crippen LogP contribution < -0.4 is 5.73 Å². The third kappa shape index (κ3) is 1.88. The fourth-order valence-electron chi connectivity index (χ4n) is 1.90. The Morgan fingerprint density at radius 3 is 2.88 bits per heavy atom. The van der Waals surface area contributed by atoms with Crippen LogP contribution >= 0.6 is 0 Å². The second-order valence-corrected chi connectivity index (χ2v) is 3.80. The van der Waals surface area contributed by atoms with Gasteiger partial charge in [-0.3, -0.25) is 0 Å². The first kappa shape index (κ1) is 11.0. The molecule has 0 aromatic carbocycles. The number of hydrogen-bond acceptors (Lipinski definition) is 3. The van der Waals surface area contributed by atoms with E-state index in [2.05, 4.69) is 16.5 Å². The van der Waals surface area contributed by atoms with Crippen molar-refractivity contribution in [1.82, 2.24) is 9.55 Å². The predicted octanol–water partition coefficient (Wildman–Crippen LogP) is 1.90. The summed E-state index contributed by atoms with van der Waals surface area (Å²) in [7, 11) is 0. The maximum atomic E-state index is 5.82. The summed E-state index contributed by atoms with van der Waals surface area (Å²) in [4.78, 5) is 4.30. The molecule has 2 rings (SSSR count). The van der Waals surface area contributed by atoms with Crippen molar-refractivity contribution in [1.29, 1.82) is 0 Å². The molecule has 1 atom stereocenters. The lowest BCUT2D eigenvalue weighted by Gasteiger charge is -2.16. The number of furan rings is 1. The van der Waals surface area contributed by atoms with Gasteiger partial charge in [-0.15, -0.1) is 0 Å². The molecule has 2 aromatic heterocycles. The Morgan fingerprint density at radius 1 is 1.50 bits per heavy atom. The summed E-state index contributed by atoms with van der Waals surface area (Å²) in [6.45, 7) is 4.53. The normalized spacial score (nSPS) is 12.9. The molecule has 0 saturated carbocycles. The molecule has 1 unspecified atom stereocenters. The fourth-order valence-corrected chi connectivity index (χ4v) is 1.90. The summed E-state index contributed by atoms with van der Waals surface area (Å²) < 4.78 is 7.71. The zero-order chi connectivity index (χ0) is 11.5. The lowest BCUT2D eigenvalue weighted by Crippen LogP contribution is -2.21. The third-order valence-electron chi connectivity index (χ3n) is 2.71. The zero-order valence-electron chi connectivity index (χ0n) is 9.68. The van der Waals surface area contributed by atoms with Gasteiger partial charge in [-0.25, -0.2) is 4.98 Å². The summed E-state index contributed by atoms with van der Waals surface area (Å²) in [6.07, 6.45) is 4.65. The van der Waals surface area contributed by atoms with Crippen LogP contribution in [-0.2, 0) is 6.42 Å². The summed E-state index contributed by atoms with van der Waals surface area (Å²) in [5.74, 6) is 2.84. The molecule has 4 nitrogen and oxygen atoms in total. The van der Waals surface area contributed by atoms with E-state index in [0.29, 0.717) is 6.54 Å². The smallest absolute Gasteiger partial charge is 0.128 e. The maximum absolute atomic E-state index is 5.82. The fraction of sp³-hybridized carbons (Fsp3) is 0.417. The highest BCUT2D eigenvalue weighted by atomic mass is 16.3. The Balaban J connectivity index is 2.36. The molecule has 0 aliphatic carbocycles. The van der Waals surface area contributed by atoms with E-state index in [1.807, 2.05) is 25.3 Å². The predicted molar refractivity (Wildman–Crippen MR) is 62.2 cm³/mol. The summed E-state index contributed by atoms with van der Waals surface area (Å²) >= 11 is 0. The number of aryl methyl sites for hydroxylation is 2. The zero-order valence-corrected chi connectivity index (χ0v) is 9.68. The molecule has 86 valence electrons.